The van der Waals surface area contributed by atoms with Crippen LogP contribution >= 0.6 is 11.6 Å². The van der Waals surface area contributed by atoms with E-state index in [0.29, 0.717) is 5.82 Å². The number of aryl methyl sites for hydroxylation is 1. The fraction of sp³-hybridized carbons (Fsp3) is 0.0909. The van der Waals surface area contributed by atoms with Crippen molar-refractivity contribution in [2.75, 3.05) is 5.32 Å². The molecule has 1 aromatic carbocycles. The number of amides is 1. The monoisotopic (exact) mass is 280 g/mol. The lowest BCUT2D eigenvalue weighted by molar-refractivity contribution is -0.385. The summed E-state index contributed by atoms with van der Waals surface area (Å²) in [5.41, 5.74) is -0.400. The first kappa shape index (κ1) is 13.0. The predicted molar refractivity (Wildman–Crippen MR) is 69.3 cm³/mol. The van der Waals surface area contributed by atoms with Crippen molar-refractivity contribution in [1.29, 1.82) is 0 Å². The SMILES string of the molecule is Cn1nccc1NC(=O)c1cc(Cl)ccc1[N+](=O)[O-]. The van der Waals surface area contributed by atoms with Crippen molar-refractivity contribution in [2.24, 2.45) is 7.05 Å². The molecular weight excluding hydrogens is 272 g/mol. The van der Waals surface area contributed by atoms with E-state index in [2.05, 4.69) is 10.4 Å². The van der Waals surface area contributed by atoms with Crippen LogP contribution in [0.2, 0.25) is 5.02 Å². The van der Waals surface area contributed by atoms with Gasteiger partial charge >= 0.3 is 0 Å². The molecular formula is C11H9ClN4O3. The van der Waals surface area contributed by atoms with Gasteiger partial charge in [-0.15, -0.1) is 0 Å². The van der Waals surface area contributed by atoms with Crippen LogP contribution < -0.4 is 5.32 Å². The maximum absolute atomic E-state index is 12.0. The van der Waals surface area contributed by atoms with Crippen LogP contribution in [0.3, 0.4) is 0 Å². The van der Waals surface area contributed by atoms with E-state index in [1.54, 1.807) is 13.1 Å². The lowest BCUT2D eigenvalue weighted by Gasteiger charge is -2.06. The molecule has 0 aliphatic carbocycles. The fourth-order valence-corrected chi connectivity index (χ4v) is 1.70. The van der Waals surface area contributed by atoms with Crippen LogP contribution in [0.4, 0.5) is 11.5 Å². The Morgan fingerprint density at radius 1 is 1.47 bits per heavy atom. The van der Waals surface area contributed by atoms with Gasteiger partial charge in [-0.1, -0.05) is 11.6 Å². The number of anilines is 1. The Bertz CT molecular complexity index is 653. The van der Waals surface area contributed by atoms with Crippen molar-refractivity contribution in [3.8, 4) is 0 Å². The zero-order valence-corrected chi connectivity index (χ0v) is 10.6. The molecule has 1 aromatic heterocycles. The van der Waals surface area contributed by atoms with Crippen molar-refractivity contribution in [2.45, 2.75) is 0 Å². The molecule has 2 rings (SSSR count). The average Bonchev–Trinajstić information content (AvgIpc) is 2.74. The number of hydrogen-bond acceptors (Lipinski definition) is 4. The Hall–Kier alpha value is -2.41. The third-order valence-electron chi connectivity index (χ3n) is 2.46. The number of nitro benzene ring substituents is 1. The molecule has 0 bridgehead atoms. The average molecular weight is 281 g/mol. The van der Waals surface area contributed by atoms with E-state index in [4.69, 9.17) is 11.6 Å². The van der Waals surface area contributed by atoms with Crippen molar-refractivity contribution < 1.29 is 9.72 Å². The highest BCUT2D eigenvalue weighted by atomic mass is 35.5. The number of hydrogen-bond donors (Lipinski definition) is 1. The zero-order valence-electron chi connectivity index (χ0n) is 9.83. The third kappa shape index (κ3) is 2.71. The summed E-state index contributed by atoms with van der Waals surface area (Å²) in [5, 5.41) is 17.5. The molecule has 1 heterocycles. The second-order valence-corrected chi connectivity index (χ2v) is 4.15. The summed E-state index contributed by atoms with van der Waals surface area (Å²) in [6.45, 7) is 0. The van der Waals surface area contributed by atoms with Crippen molar-refractivity contribution in [3.63, 3.8) is 0 Å². The zero-order chi connectivity index (χ0) is 14.0. The van der Waals surface area contributed by atoms with Gasteiger partial charge in [-0.2, -0.15) is 5.10 Å². The molecule has 0 fully saturated rings. The summed E-state index contributed by atoms with van der Waals surface area (Å²) in [5.74, 6) is -0.183. The second kappa shape index (κ2) is 5.07. The lowest BCUT2D eigenvalue weighted by atomic mass is 10.1. The van der Waals surface area contributed by atoms with Gasteiger partial charge < -0.3 is 5.32 Å². The first-order valence-corrected chi connectivity index (χ1v) is 5.60. The third-order valence-corrected chi connectivity index (χ3v) is 2.70. The van der Waals surface area contributed by atoms with E-state index in [1.165, 1.54) is 29.1 Å². The molecule has 19 heavy (non-hydrogen) atoms. The number of nitro groups is 1. The fourth-order valence-electron chi connectivity index (χ4n) is 1.53. The van der Waals surface area contributed by atoms with Crippen molar-refractivity contribution >= 4 is 29.0 Å². The molecule has 98 valence electrons. The van der Waals surface area contributed by atoms with E-state index < -0.39 is 10.8 Å². The van der Waals surface area contributed by atoms with Gasteiger partial charge in [0.2, 0.25) is 0 Å². The highest BCUT2D eigenvalue weighted by Gasteiger charge is 2.21. The second-order valence-electron chi connectivity index (χ2n) is 3.71. The van der Waals surface area contributed by atoms with Crippen molar-refractivity contribution in [3.05, 3.63) is 51.2 Å². The van der Waals surface area contributed by atoms with Crippen LogP contribution in [0.1, 0.15) is 10.4 Å². The highest BCUT2D eigenvalue weighted by molar-refractivity contribution is 6.31. The largest absolute Gasteiger partial charge is 0.307 e. The Morgan fingerprint density at radius 3 is 2.79 bits per heavy atom. The van der Waals surface area contributed by atoms with E-state index in [9.17, 15) is 14.9 Å². The van der Waals surface area contributed by atoms with Gasteiger partial charge in [0, 0.05) is 24.2 Å². The smallest absolute Gasteiger partial charge is 0.282 e. The molecule has 0 aliphatic rings. The summed E-state index contributed by atoms with van der Waals surface area (Å²) in [4.78, 5) is 22.3. The minimum atomic E-state index is -0.630. The summed E-state index contributed by atoms with van der Waals surface area (Å²) in [6, 6.07) is 5.39. The quantitative estimate of drug-likeness (QED) is 0.689. The molecule has 0 radical (unpaired) electrons. The minimum Gasteiger partial charge on any atom is -0.307 e. The van der Waals surface area contributed by atoms with Crippen LogP contribution in [0.15, 0.2) is 30.5 Å². The molecule has 0 aliphatic heterocycles. The number of benzene rings is 1. The normalized spacial score (nSPS) is 10.2. The molecule has 2 aromatic rings. The summed E-state index contributed by atoms with van der Waals surface area (Å²) in [6.07, 6.45) is 1.50. The van der Waals surface area contributed by atoms with Gasteiger partial charge in [0.1, 0.15) is 11.4 Å². The lowest BCUT2D eigenvalue weighted by Crippen LogP contribution is -2.16. The predicted octanol–water partition coefficient (Wildman–Crippen LogP) is 2.23. The Kier molecular flexibility index (Phi) is 3.48. The van der Waals surface area contributed by atoms with Crippen LogP contribution in [0, 0.1) is 10.1 Å². The number of aromatic nitrogens is 2. The minimum absolute atomic E-state index is 0.0984. The summed E-state index contributed by atoms with van der Waals surface area (Å²) in [7, 11) is 1.64. The van der Waals surface area contributed by atoms with Crippen LogP contribution in [0.25, 0.3) is 0 Å². The maximum atomic E-state index is 12.0. The molecule has 1 N–H and O–H groups in total. The van der Waals surface area contributed by atoms with E-state index in [0.717, 1.165) is 0 Å². The highest BCUT2D eigenvalue weighted by Crippen LogP contribution is 2.23. The molecule has 0 spiro atoms. The Balaban J connectivity index is 2.36. The number of nitrogens with one attached hydrogen (secondary N) is 1. The molecule has 0 saturated carbocycles. The first-order valence-electron chi connectivity index (χ1n) is 5.22. The van der Waals surface area contributed by atoms with E-state index in [-0.39, 0.29) is 16.3 Å². The first-order chi connectivity index (χ1) is 8.99. The van der Waals surface area contributed by atoms with Gasteiger partial charge in [-0.25, -0.2) is 0 Å². The van der Waals surface area contributed by atoms with Crippen LogP contribution in [0.5, 0.6) is 0 Å². The van der Waals surface area contributed by atoms with Gasteiger partial charge in [0.15, 0.2) is 0 Å². The number of halogens is 1. The maximum Gasteiger partial charge on any atom is 0.282 e. The number of nitrogens with zero attached hydrogens (tertiary/aromatic N) is 3. The number of rotatable bonds is 3. The molecule has 0 atom stereocenters. The molecule has 0 saturated heterocycles. The molecule has 8 heteroatoms. The van der Waals surface area contributed by atoms with Crippen LogP contribution in [-0.2, 0) is 7.05 Å². The van der Waals surface area contributed by atoms with Crippen molar-refractivity contribution in [1.82, 2.24) is 9.78 Å². The number of carbonyl (C=O) groups excluding carboxylic acids is 1. The molecule has 1 amide bonds. The van der Waals surface area contributed by atoms with Gasteiger partial charge in [0.05, 0.1) is 11.1 Å². The number of carbonyl (C=O) groups is 1. The Morgan fingerprint density at radius 2 is 2.21 bits per heavy atom. The van der Waals surface area contributed by atoms with Gasteiger partial charge in [-0.05, 0) is 12.1 Å². The molecule has 7 nitrogen and oxygen atoms in total. The van der Waals surface area contributed by atoms with E-state index >= 15 is 0 Å². The summed E-state index contributed by atoms with van der Waals surface area (Å²) >= 11 is 5.76. The topological polar surface area (TPSA) is 90.1 Å². The van der Waals surface area contributed by atoms with Gasteiger partial charge in [0.25, 0.3) is 11.6 Å². The van der Waals surface area contributed by atoms with Crippen LogP contribution in [-0.4, -0.2) is 20.6 Å². The molecule has 0 unspecified atom stereocenters. The summed E-state index contributed by atoms with van der Waals surface area (Å²) < 4.78 is 1.44. The van der Waals surface area contributed by atoms with Gasteiger partial charge in [-0.3, -0.25) is 19.6 Å². The Labute approximate surface area is 112 Å². The van der Waals surface area contributed by atoms with E-state index in [1.807, 2.05) is 0 Å². The standard InChI is InChI=1S/C11H9ClN4O3/c1-15-10(4-5-13-15)14-11(17)8-6-7(12)2-3-9(8)16(18)19/h2-6H,1H3,(H,14,17).